The lowest BCUT2D eigenvalue weighted by Gasteiger charge is -2.08. The van der Waals surface area contributed by atoms with Gasteiger partial charge in [0.2, 0.25) is 0 Å². The number of hydrogen-bond donors (Lipinski definition) is 2. The van der Waals surface area contributed by atoms with Gasteiger partial charge in [-0.15, -0.1) is 0 Å². The van der Waals surface area contributed by atoms with E-state index in [-0.39, 0.29) is 11.5 Å². The van der Waals surface area contributed by atoms with E-state index in [0.29, 0.717) is 5.69 Å². The Morgan fingerprint density at radius 2 is 1.64 bits per heavy atom. The number of nitrogens with one attached hydrogen (secondary N) is 2. The van der Waals surface area contributed by atoms with Crippen molar-refractivity contribution in [1.29, 1.82) is 0 Å². The molecule has 0 saturated heterocycles. The maximum Gasteiger partial charge on any atom is 0.276 e. The third-order valence-corrected chi connectivity index (χ3v) is 3.18. The topological polar surface area (TPSA) is 66.9 Å². The quantitative estimate of drug-likeness (QED) is 0.753. The van der Waals surface area contributed by atoms with Gasteiger partial charge >= 0.3 is 0 Å². The Kier molecular flexibility index (Phi) is 4.60. The number of benzene rings is 2. The molecule has 25 heavy (non-hydrogen) atoms. The summed E-state index contributed by atoms with van der Waals surface area (Å²) in [5.41, 5.74) is -0.233. The average molecular weight is 344 g/mol. The predicted molar refractivity (Wildman–Crippen MR) is 86.0 cm³/mol. The second-order valence-corrected chi connectivity index (χ2v) is 4.97. The summed E-state index contributed by atoms with van der Waals surface area (Å²) in [6.07, 6.45) is 2.38. The van der Waals surface area contributed by atoms with Crippen LogP contribution in [-0.2, 0) is 0 Å². The van der Waals surface area contributed by atoms with Gasteiger partial charge in [0.1, 0.15) is 34.7 Å². The second kappa shape index (κ2) is 7.00. The molecule has 1 aromatic heterocycles. The van der Waals surface area contributed by atoms with E-state index < -0.39 is 29.0 Å². The van der Waals surface area contributed by atoms with Crippen molar-refractivity contribution in [2.45, 2.75) is 0 Å². The van der Waals surface area contributed by atoms with Crippen molar-refractivity contribution in [3.05, 3.63) is 78.0 Å². The van der Waals surface area contributed by atoms with Crippen molar-refractivity contribution in [1.82, 2.24) is 9.97 Å². The third kappa shape index (κ3) is 3.92. The van der Waals surface area contributed by atoms with Gasteiger partial charge < -0.3 is 10.6 Å². The molecule has 2 N–H and O–H groups in total. The zero-order valence-corrected chi connectivity index (χ0v) is 12.6. The zero-order chi connectivity index (χ0) is 17.8. The van der Waals surface area contributed by atoms with E-state index in [1.165, 1.54) is 30.5 Å². The Labute approximate surface area is 140 Å². The van der Waals surface area contributed by atoms with Crippen molar-refractivity contribution in [3.63, 3.8) is 0 Å². The second-order valence-electron chi connectivity index (χ2n) is 4.97. The lowest BCUT2D eigenvalue weighted by atomic mass is 10.2. The van der Waals surface area contributed by atoms with Crippen molar-refractivity contribution in [2.75, 3.05) is 10.6 Å². The van der Waals surface area contributed by atoms with Gasteiger partial charge in [0.05, 0.1) is 12.4 Å². The summed E-state index contributed by atoms with van der Waals surface area (Å²) in [6, 6.07) is 8.96. The van der Waals surface area contributed by atoms with Crippen LogP contribution in [0.5, 0.6) is 0 Å². The summed E-state index contributed by atoms with van der Waals surface area (Å²) < 4.78 is 40.2. The molecule has 8 heteroatoms. The monoisotopic (exact) mass is 344 g/mol. The van der Waals surface area contributed by atoms with Crippen LogP contribution in [0.4, 0.5) is 30.4 Å². The molecule has 0 atom stereocenters. The van der Waals surface area contributed by atoms with Gasteiger partial charge in [-0.25, -0.2) is 23.1 Å². The van der Waals surface area contributed by atoms with E-state index in [9.17, 15) is 18.0 Å². The normalized spacial score (nSPS) is 10.4. The first-order valence-electron chi connectivity index (χ1n) is 7.13. The Bertz CT molecular complexity index is 896. The first kappa shape index (κ1) is 16.4. The smallest absolute Gasteiger partial charge is 0.276 e. The summed E-state index contributed by atoms with van der Waals surface area (Å²) in [4.78, 5) is 19.9. The zero-order valence-electron chi connectivity index (χ0n) is 12.6. The number of rotatable bonds is 4. The van der Waals surface area contributed by atoms with Gasteiger partial charge in [0, 0.05) is 5.69 Å². The number of amides is 1. The van der Waals surface area contributed by atoms with Crippen LogP contribution in [0.2, 0.25) is 0 Å². The molecule has 0 radical (unpaired) electrons. The molecule has 0 saturated carbocycles. The Balaban J connectivity index is 1.72. The predicted octanol–water partition coefficient (Wildman–Crippen LogP) is 3.89. The molecule has 0 aliphatic heterocycles. The summed E-state index contributed by atoms with van der Waals surface area (Å²) >= 11 is 0. The molecule has 5 nitrogen and oxygen atoms in total. The number of carbonyl (C=O) groups excluding carboxylic acids is 1. The maximum absolute atomic E-state index is 13.5. The number of halogens is 3. The van der Waals surface area contributed by atoms with E-state index >= 15 is 0 Å². The van der Waals surface area contributed by atoms with Crippen molar-refractivity contribution in [3.8, 4) is 0 Å². The van der Waals surface area contributed by atoms with Gasteiger partial charge in [-0.05, 0) is 30.3 Å². The number of nitrogens with zero attached hydrogens (tertiary/aromatic N) is 2. The van der Waals surface area contributed by atoms with E-state index in [1.54, 1.807) is 6.07 Å². The van der Waals surface area contributed by atoms with Crippen LogP contribution in [0, 0.1) is 17.5 Å². The van der Waals surface area contributed by atoms with Gasteiger partial charge in [-0.1, -0.05) is 12.1 Å². The van der Waals surface area contributed by atoms with Crippen molar-refractivity contribution in [2.24, 2.45) is 0 Å². The molecule has 0 unspecified atom stereocenters. The summed E-state index contributed by atoms with van der Waals surface area (Å²) in [7, 11) is 0. The standard InChI is InChI=1S/C17H11F3N4O/c18-10-3-1-4-11(7-10)23-15-9-21-14(8-22-15)17(25)24-16-12(19)5-2-6-13(16)20/h1-9H,(H,22,23)(H,24,25). The minimum atomic E-state index is -0.897. The number of aromatic nitrogens is 2. The molecule has 0 aliphatic carbocycles. The minimum Gasteiger partial charge on any atom is -0.339 e. The first-order chi connectivity index (χ1) is 12.0. The van der Waals surface area contributed by atoms with Gasteiger partial charge in [-0.3, -0.25) is 4.79 Å². The molecule has 3 aromatic rings. The van der Waals surface area contributed by atoms with Crippen LogP contribution in [0.25, 0.3) is 0 Å². The van der Waals surface area contributed by atoms with Crippen LogP contribution in [-0.4, -0.2) is 15.9 Å². The molecular formula is C17H11F3N4O. The lowest BCUT2D eigenvalue weighted by molar-refractivity contribution is 0.102. The first-order valence-corrected chi connectivity index (χ1v) is 7.13. The SMILES string of the molecule is O=C(Nc1c(F)cccc1F)c1cnc(Nc2cccc(F)c2)cn1. The molecule has 0 fully saturated rings. The van der Waals surface area contributed by atoms with Crippen LogP contribution in [0.1, 0.15) is 10.5 Å². The van der Waals surface area contributed by atoms with E-state index in [1.807, 2.05) is 0 Å². The lowest BCUT2D eigenvalue weighted by Crippen LogP contribution is -2.16. The number of anilines is 3. The van der Waals surface area contributed by atoms with Crippen molar-refractivity contribution >= 4 is 23.1 Å². The fourth-order valence-corrected chi connectivity index (χ4v) is 2.02. The maximum atomic E-state index is 13.5. The third-order valence-electron chi connectivity index (χ3n) is 3.18. The van der Waals surface area contributed by atoms with Crippen LogP contribution in [0.15, 0.2) is 54.9 Å². The molecule has 0 bridgehead atoms. The number of hydrogen-bond acceptors (Lipinski definition) is 4. The van der Waals surface area contributed by atoms with E-state index in [4.69, 9.17) is 0 Å². The number of carbonyl (C=O) groups is 1. The molecule has 0 aliphatic rings. The average Bonchev–Trinajstić information content (AvgIpc) is 2.59. The molecule has 3 rings (SSSR count). The highest BCUT2D eigenvalue weighted by molar-refractivity contribution is 6.02. The highest BCUT2D eigenvalue weighted by Crippen LogP contribution is 2.19. The van der Waals surface area contributed by atoms with Crippen LogP contribution in [0.3, 0.4) is 0 Å². The highest BCUT2D eigenvalue weighted by atomic mass is 19.1. The number of para-hydroxylation sites is 1. The molecule has 2 aromatic carbocycles. The molecule has 0 spiro atoms. The fourth-order valence-electron chi connectivity index (χ4n) is 2.02. The molecule has 126 valence electrons. The summed E-state index contributed by atoms with van der Waals surface area (Å²) in [6.45, 7) is 0. The summed E-state index contributed by atoms with van der Waals surface area (Å²) in [5.74, 6) is -2.75. The Morgan fingerprint density at radius 1 is 0.920 bits per heavy atom. The van der Waals surface area contributed by atoms with Gasteiger partial charge in [0.15, 0.2) is 0 Å². The van der Waals surface area contributed by atoms with Crippen molar-refractivity contribution < 1.29 is 18.0 Å². The van der Waals surface area contributed by atoms with Crippen LogP contribution >= 0.6 is 0 Å². The molecular weight excluding hydrogens is 333 g/mol. The Hall–Kier alpha value is -3.42. The Morgan fingerprint density at radius 3 is 2.28 bits per heavy atom. The summed E-state index contributed by atoms with van der Waals surface area (Å²) in [5, 5.41) is 4.92. The molecule has 1 amide bonds. The van der Waals surface area contributed by atoms with Gasteiger partial charge in [0.25, 0.3) is 5.91 Å². The van der Waals surface area contributed by atoms with Crippen LogP contribution < -0.4 is 10.6 Å². The van der Waals surface area contributed by atoms with E-state index in [2.05, 4.69) is 20.6 Å². The minimum absolute atomic E-state index is 0.132. The molecule has 1 heterocycles. The largest absolute Gasteiger partial charge is 0.339 e. The van der Waals surface area contributed by atoms with E-state index in [0.717, 1.165) is 18.3 Å². The van der Waals surface area contributed by atoms with Gasteiger partial charge in [-0.2, -0.15) is 0 Å². The fraction of sp³-hybridized carbons (Fsp3) is 0. The highest BCUT2D eigenvalue weighted by Gasteiger charge is 2.14.